The normalized spacial score (nSPS) is 19.9. The van der Waals surface area contributed by atoms with Crippen LogP contribution in [0.1, 0.15) is 81.8 Å². The maximum atomic E-state index is 13.0. The number of oxazole rings is 1. The van der Waals surface area contributed by atoms with Gasteiger partial charge in [0, 0.05) is 23.9 Å². The summed E-state index contributed by atoms with van der Waals surface area (Å²) in [4.78, 5) is 33.4. The van der Waals surface area contributed by atoms with E-state index in [2.05, 4.69) is 10.3 Å². The Morgan fingerprint density at radius 3 is 2.78 bits per heavy atom. The van der Waals surface area contributed by atoms with Gasteiger partial charge in [0.1, 0.15) is 0 Å². The summed E-state index contributed by atoms with van der Waals surface area (Å²) in [6.07, 6.45) is 5.87. The second-order valence-electron chi connectivity index (χ2n) is 7.34. The van der Waals surface area contributed by atoms with Crippen molar-refractivity contribution in [3.8, 4) is 0 Å². The highest BCUT2D eigenvalue weighted by molar-refractivity contribution is 7.14. The van der Waals surface area contributed by atoms with E-state index in [9.17, 15) is 9.59 Å². The van der Waals surface area contributed by atoms with Crippen LogP contribution in [0.3, 0.4) is 0 Å². The van der Waals surface area contributed by atoms with E-state index in [1.54, 1.807) is 0 Å². The predicted octanol–water partition coefficient (Wildman–Crippen LogP) is 3.87. The van der Waals surface area contributed by atoms with Gasteiger partial charge in [-0.15, -0.1) is 11.3 Å². The molecule has 1 aliphatic heterocycles. The minimum Gasteiger partial charge on any atom is -0.435 e. The van der Waals surface area contributed by atoms with E-state index < -0.39 is 0 Å². The van der Waals surface area contributed by atoms with Crippen molar-refractivity contribution in [1.82, 2.24) is 15.2 Å². The van der Waals surface area contributed by atoms with Gasteiger partial charge in [-0.3, -0.25) is 9.59 Å². The quantitative estimate of drug-likeness (QED) is 0.845. The van der Waals surface area contributed by atoms with Crippen molar-refractivity contribution >= 4 is 23.2 Å². The molecule has 4 rings (SSSR count). The Morgan fingerprint density at radius 1 is 1.30 bits per heavy atom. The molecule has 1 atom stereocenters. The number of aromatic nitrogens is 1. The number of thiophene rings is 1. The summed E-state index contributed by atoms with van der Waals surface area (Å²) in [6.45, 7) is 4.47. The topological polar surface area (TPSA) is 75.4 Å². The Labute approximate surface area is 163 Å². The average Bonchev–Trinajstić information content (AvgIpc) is 3.35. The van der Waals surface area contributed by atoms with Gasteiger partial charge in [0.15, 0.2) is 5.89 Å². The highest BCUT2D eigenvalue weighted by Crippen LogP contribution is 2.37. The zero-order valence-electron chi connectivity index (χ0n) is 15.8. The van der Waals surface area contributed by atoms with Gasteiger partial charge in [-0.25, -0.2) is 4.98 Å². The number of nitrogens with one attached hydrogen (secondary N) is 1. The molecule has 2 aromatic rings. The molecule has 1 saturated heterocycles. The number of hydrogen-bond donors (Lipinski definition) is 1. The van der Waals surface area contributed by atoms with E-state index in [0.717, 1.165) is 35.4 Å². The second-order valence-corrected chi connectivity index (χ2v) is 8.45. The number of aryl methyl sites for hydroxylation is 2. The first kappa shape index (κ1) is 18.2. The summed E-state index contributed by atoms with van der Waals surface area (Å²) in [5, 5.41) is 3.08. The Bertz CT molecular complexity index is 853. The molecule has 2 aliphatic rings. The highest BCUT2D eigenvalue weighted by Gasteiger charge is 2.34. The Balaban J connectivity index is 1.50. The number of carbonyl (C=O) groups is 2. The van der Waals surface area contributed by atoms with Gasteiger partial charge in [-0.05, 0) is 51.2 Å². The summed E-state index contributed by atoms with van der Waals surface area (Å²) in [7, 11) is 0. The lowest BCUT2D eigenvalue weighted by atomic mass is 9.93. The molecule has 2 fully saturated rings. The summed E-state index contributed by atoms with van der Waals surface area (Å²) < 4.78 is 5.66. The molecule has 3 heterocycles. The first-order valence-corrected chi connectivity index (χ1v) is 10.6. The van der Waals surface area contributed by atoms with E-state index in [0.29, 0.717) is 36.4 Å². The molecule has 0 bridgehead atoms. The van der Waals surface area contributed by atoms with Crippen molar-refractivity contribution in [2.75, 3.05) is 6.54 Å². The van der Waals surface area contributed by atoms with Crippen LogP contribution in [0.25, 0.3) is 0 Å². The van der Waals surface area contributed by atoms with Crippen molar-refractivity contribution in [3.05, 3.63) is 39.2 Å². The number of nitrogens with zero attached hydrogens (tertiary/aromatic N) is 2. The summed E-state index contributed by atoms with van der Waals surface area (Å²) in [5.74, 6) is 0.845. The van der Waals surface area contributed by atoms with E-state index in [1.165, 1.54) is 17.8 Å². The largest absolute Gasteiger partial charge is 0.435 e. The van der Waals surface area contributed by atoms with Gasteiger partial charge in [0.25, 0.3) is 11.8 Å². The summed E-state index contributed by atoms with van der Waals surface area (Å²) >= 11 is 1.49. The van der Waals surface area contributed by atoms with E-state index in [1.807, 2.05) is 30.9 Å². The monoisotopic (exact) mass is 387 g/mol. The molecule has 0 aromatic carbocycles. The fourth-order valence-corrected chi connectivity index (χ4v) is 4.76. The molecule has 144 valence electrons. The van der Waals surface area contributed by atoms with E-state index in [4.69, 9.17) is 4.42 Å². The van der Waals surface area contributed by atoms with Crippen LogP contribution in [0.5, 0.6) is 0 Å². The first-order valence-electron chi connectivity index (χ1n) is 9.74. The third kappa shape index (κ3) is 3.52. The zero-order chi connectivity index (χ0) is 19.0. The Morgan fingerprint density at radius 2 is 2.11 bits per heavy atom. The number of amides is 2. The molecule has 2 aromatic heterocycles. The molecule has 6 nitrogen and oxygen atoms in total. The third-order valence-corrected chi connectivity index (χ3v) is 6.66. The molecule has 2 amide bonds. The molecule has 1 aliphatic carbocycles. The van der Waals surface area contributed by atoms with Crippen LogP contribution < -0.4 is 5.32 Å². The smallest absolute Gasteiger partial charge is 0.292 e. The number of carbonyl (C=O) groups excluding carboxylic acids is 2. The van der Waals surface area contributed by atoms with Crippen LogP contribution in [-0.4, -0.2) is 34.3 Å². The SMILES string of the molecule is CCc1nc(C)c(C(=O)N2CCC[C@H]2c2ccc(C(=O)NC3CCC3)s2)o1. The van der Waals surface area contributed by atoms with Crippen LogP contribution in [-0.2, 0) is 6.42 Å². The lowest BCUT2D eigenvalue weighted by Crippen LogP contribution is -2.39. The van der Waals surface area contributed by atoms with Crippen LogP contribution in [0, 0.1) is 6.92 Å². The first-order chi connectivity index (χ1) is 13.1. The molecule has 0 spiro atoms. The zero-order valence-corrected chi connectivity index (χ0v) is 16.6. The van der Waals surface area contributed by atoms with Crippen molar-refractivity contribution in [3.63, 3.8) is 0 Å². The third-order valence-electron chi connectivity index (χ3n) is 5.47. The molecule has 27 heavy (non-hydrogen) atoms. The number of likely N-dealkylation sites (tertiary alicyclic amines) is 1. The molecule has 7 heteroatoms. The minimum absolute atomic E-state index is 0.00216. The fraction of sp³-hybridized carbons (Fsp3) is 0.550. The molecule has 1 saturated carbocycles. The Kier molecular flexibility index (Phi) is 5.04. The van der Waals surface area contributed by atoms with Crippen LogP contribution in [0.4, 0.5) is 0 Å². The van der Waals surface area contributed by atoms with Gasteiger partial charge in [-0.2, -0.15) is 0 Å². The fourth-order valence-electron chi connectivity index (χ4n) is 3.70. The molecular weight excluding hydrogens is 362 g/mol. The van der Waals surface area contributed by atoms with Gasteiger partial charge in [0.05, 0.1) is 16.6 Å². The second kappa shape index (κ2) is 7.46. The average molecular weight is 388 g/mol. The number of rotatable bonds is 5. The predicted molar refractivity (Wildman–Crippen MR) is 103 cm³/mol. The van der Waals surface area contributed by atoms with Crippen molar-refractivity contribution in [1.29, 1.82) is 0 Å². The lowest BCUT2D eigenvalue weighted by Gasteiger charge is -2.26. The van der Waals surface area contributed by atoms with Crippen LogP contribution >= 0.6 is 11.3 Å². The molecular formula is C20H25N3O3S. The van der Waals surface area contributed by atoms with Crippen LogP contribution in [0.2, 0.25) is 0 Å². The van der Waals surface area contributed by atoms with Gasteiger partial charge in [-0.1, -0.05) is 6.92 Å². The summed E-state index contributed by atoms with van der Waals surface area (Å²) in [6, 6.07) is 4.20. The van der Waals surface area contributed by atoms with E-state index >= 15 is 0 Å². The Hall–Kier alpha value is -2.15. The standard InChI is InChI=1S/C20H25N3O3S/c1-3-17-21-12(2)18(26-17)20(25)23-11-5-8-14(23)15-9-10-16(27-15)19(24)22-13-6-4-7-13/h9-10,13-14H,3-8,11H2,1-2H3,(H,22,24)/t14-/m0/s1. The molecule has 0 unspecified atom stereocenters. The lowest BCUT2D eigenvalue weighted by molar-refractivity contribution is 0.0702. The minimum atomic E-state index is -0.101. The molecule has 1 N–H and O–H groups in total. The van der Waals surface area contributed by atoms with Gasteiger partial charge < -0.3 is 14.6 Å². The summed E-state index contributed by atoms with van der Waals surface area (Å²) in [5.41, 5.74) is 0.647. The molecule has 0 radical (unpaired) electrons. The maximum absolute atomic E-state index is 13.0. The van der Waals surface area contributed by atoms with Crippen molar-refractivity contribution in [2.24, 2.45) is 0 Å². The van der Waals surface area contributed by atoms with Gasteiger partial charge >= 0.3 is 0 Å². The highest BCUT2D eigenvalue weighted by atomic mass is 32.1. The van der Waals surface area contributed by atoms with Crippen molar-refractivity contribution in [2.45, 2.75) is 64.5 Å². The van der Waals surface area contributed by atoms with Gasteiger partial charge in [0.2, 0.25) is 5.76 Å². The van der Waals surface area contributed by atoms with Crippen molar-refractivity contribution < 1.29 is 14.0 Å². The maximum Gasteiger partial charge on any atom is 0.292 e. The van der Waals surface area contributed by atoms with E-state index in [-0.39, 0.29) is 17.9 Å². The van der Waals surface area contributed by atoms with Crippen LogP contribution in [0.15, 0.2) is 16.5 Å². The number of hydrogen-bond acceptors (Lipinski definition) is 5.